The van der Waals surface area contributed by atoms with Gasteiger partial charge in [-0.05, 0) is 27.7 Å². The van der Waals surface area contributed by atoms with Crippen LogP contribution in [0.5, 0.6) is 0 Å². The summed E-state index contributed by atoms with van der Waals surface area (Å²) >= 11 is 0. The first kappa shape index (κ1) is 29.8. The predicted octanol–water partition coefficient (Wildman–Crippen LogP) is 2.77. The molecule has 0 radical (unpaired) electrons. The molecule has 38 heavy (non-hydrogen) atoms. The van der Waals surface area contributed by atoms with Gasteiger partial charge < -0.3 is 28.1 Å². The minimum absolute atomic E-state index is 0.0596. The smallest absolute Gasteiger partial charge is 0.331 e. The lowest BCUT2D eigenvalue weighted by atomic mass is 10.2. The van der Waals surface area contributed by atoms with Gasteiger partial charge in [-0.3, -0.25) is 14.3 Å². The Hall–Kier alpha value is -2.75. The molecule has 13 nitrogen and oxygen atoms in total. The number of nitrogens with zero attached hydrogens (tertiary/aromatic N) is 4. The lowest BCUT2D eigenvalue weighted by molar-refractivity contribution is -0.0399. The second-order valence-electron chi connectivity index (χ2n) is 9.15. The summed E-state index contributed by atoms with van der Waals surface area (Å²) in [5.74, 6) is 0.567. The summed E-state index contributed by atoms with van der Waals surface area (Å²) in [7, 11) is -0.234. The normalized spacial score (nSPS) is 20.6. The van der Waals surface area contributed by atoms with E-state index in [0.717, 1.165) is 5.71 Å². The second-order valence-corrected chi connectivity index (χ2v) is 10.5. The SMILES string of the molecule is COC1C(OP(OCCC#N)N(C(C)C)C(C)C)=C(CON=C2CCOCC2)O[C@H]1n1ccc(=O)[nH]c1=O. The lowest BCUT2D eigenvalue weighted by Crippen LogP contribution is -2.37. The van der Waals surface area contributed by atoms with E-state index in [1.807, 2.05) is 27.7 Å². The standard InChI is InChI=1S/C24H36N5O8P/c1-16(2)29(17(3)4)38(35-12-6-10-25)37-21-19(15-34-27-18-8-13-33-14-9-18)36-23(22(21)32-5)28-11-7-20(30)26-24(28)31/h7,11,16-17,22-23H,6,8-9,12-15H2,1-5H3,(H,26,30,31)/t22?,23-,38?/m1/s1. The highest BCUT2D eigenvalue weighted by Gasteiger charge is 2.44. The quantitative estimate of drug-likeness (QED) is 0.219. The second kappa shape index (κ2) is 14.4. The summed E-state index contributed by atoms with van der Waals surface area (Å²) in [4.78, 5) is 32.1. The van der Waals surface area contributed by atoms with Gasteiger partial charge in [0, 0.05) is 44.3 Å². The van der Waals surface area contributed by atoms with E-state index in [9.17, 15) is 9.59 Å². The molecular formula is C24H36N5O8P. The maximum absolute atomic E-state index is 12.6. The molecule has 0 bridgehead atoms. The first-order valence-corrected chi connectivity index (χ1v) is 13.7. The van der Waals surface area contributed by atoms with Crippen molar-refractivity contribution in [2.24, 2.45) is 5.16 Å². The van der Waals surface area contributed by atoms with E-state index < -0.39 is 32.1 Å². The summed E-state index contributed by atoms with van der Waals surface area (Å²) in [6, 6.07) is 3.42. The number of nitrogens with one attached hydrogen (secondary N) is 1. The molecule has 3 atom stereocenters. The van der Waals surface area contributed by atoms with Gasteiger partial charge in [0.25, 0.3) is 5.56 Å². The van der Waals surface area contributed by atoms with Crippen LogP contribution in [0.1, 0.15) is 53.2 Å². The molecule has 1 saturated heterocycles. The van der Waals surface area contributed by atoms with Gasteiger partial charge in [-0.15, -0.1) is 0 Å². The topological polar surface area (TPSA) is 150 Å². The van der Waals surface area contributed by atoms with E-state index in [1.54, 1.807) is 0 Å². The number of aromatic amines is 1. The highest BCUT2D eigenvalue weighted by molar-refractivity contribution is 7.44. The Morgan fingerprint density at radius 1 is 1.26 bits per heavy atom. The zero-order valence-corrected chi connectivity index (χ0v) is 23.3. The number of hydrogen-bond donors (Lipinski definition) is 1. The molecule has 0 spiro atoms. The first-order valence-electron chi connectivity index (χ1n) is 12.5. The van der Waals surface area contributed by atoms with Crippen LogP contribution in [0.3, 0.4) is 0 Å². The van der Waals surface area contributed by atoms with Gasteiger partial charge in [-0.1, -0.05) is 5.16 Å². The third-order valence-corrected chi connectivity index (χ3v) is 7.79. The number of H-pyrrole nitrogens is 1. The van der Waals surface area contributed by atoms with Gasteiger partial charge in [-0.2, -0.15) is 5.26 Å². The van der Waals surface area contributed by atoms with Gasteiger partial charge in [0.05, 0.1) is 38.0 Å². The van der Waals surface area contributed by atoms with Crippen molar-refractivity contribution >= 4 is 14.2 Å². The highest BCUT2D eigenvalue weighted by atomic mass is 31.2. The molecule has 14 heteroatoms. The van der Waals surface area contributed by atoms with E-state index in [2.05, 4.69) is 20.9 Å². The van der Waals surface area contributed by atoms with Crippen LogP contribution < -0.4 is 11.2 Å². The Bertz CT molecular complexity index is 1130. The van der Waals surface area contributed by atoms with Crippen LogP contribution in [0.2, 0.25) is 0 Å². The Balaban J connectivity index is 1.95. The molecule has 0 aliphatic carbocycles. The molecule has 1 N–H and O–H groups in total. The van der Waals surface area contributed by atoms with E-state index in [0.29, 0.717) is 26.1 Å². The van der Waals surface area contributed by atoms with Crippen LogP contribution >= 0.6 is 8.53 Å². The summed E-state index contributed by atoms with van der Waals surface area (Å²) in [6.45, 7) is 9.36. The Morgan fingerprint density at radius 3 is 2.58 bits per heavy atom. The van der Waals surface area contributed by atoms with Gasteiger partial charge in [0.15, 0.2) is 24.2 Å². The Kier molecular flexibility index (Phi) is 11.3. The van der Waals surface area contributed by atoms with E-state index in [4.69, 9.17) is 33.4 Å². The summed E-state index contributed by atoms with van der Waals surface area (Å²) in [5, 5.41) is 13.3. The Morgan fingerprint density at radius 2 is 1.97 bits per heavy atom. The molecule has 2 aliphatic rings. The van der Waals surface area contributed by atoms with Crippen molar-refractivity contribution in [3.05, 3.63) is 44.6 Å². The monoisotopic (exact) mass is 553 g/mol. The molecule has 1 aromatic heterocycles. The minimum Gasteiger partial charge on any atom is -0.464 e. The number of ether oxygens (including phenoxy) is 3. The first-order chi connectivity index (χ1) is 18.3. The average molecular weight is 554 g/mol. The number of hydrogen-bond acceptors (Lipinski definition) is 11. The van der Waals surface area contributed by atoms with Gasteiger partial charge >= 0.3 is 14.2 Å². The minimum atomic E-state index is -1.70. The number of oxime groups is 1. The molecular weight excluding hydrogens is 517 g/mol. The summed E-state index contributed by atoms with van der Waals surface area (Å²) in [6.07, 6.45) is 1.05. The van der Waals surface area contributed by atoms with Crippen molar-refractivity contribution in [2.75, 3.05) is 33.5 Å². The third-order valence-electron chi connectivity index (χ3n) is 5.73. The summed E-state index contributed by atoms with van der Waals surface area (Å²) in [5.41, 5.74) is -0.314. The van der Waals surface area contributed by atoms with Crippen LogP contribution in [0.4, 0.5) is 0 Å². The molecule has 0 amide bonds. The molecule has 2 unspecified atom stereocenters. The zero-order chi connectivity index (χ0) is 27.7. The van der Waals surface area contributed by atoms with Crippen molar-refractivity contribution in [3.63, 3.8) is 0 Å². The molecule has 210 valence electrons. The number of aromatic nitrogens is 2. The van der Waals surface area contributed by atoms with Crippen molar-refractivity contribution in [3.8, 4) is 6.07 Å². The Labute approximate surface area is 222 Å². The highest BCUT2D eigenvalue weighted by Crippen LogP contribution is 2.51. The molecule has 3 rings (SSSR count). The van der Waals surface area contributed by atoms with Crippen molar-refractivity contribution in [1.29, 1.82) is 5.26 Å². The van der Waals surface area contributed by atoms with E-state index in [1.165, 1.54) is 23.9 Å². The van der Waals surface area contributed by atoms with Crippen LogP contribution in [0.15, 0.2) is 38.5 Å². The molecule has 1 aromatic rings. The maximum atomic E-state index is 12.6. The number of rotatable bonds is 13. The van der Waals surface area contributed by atoms with Crippen LogP contribution in [0, 0.1) is 11.3 Å². The molecule has 3 heterocycles. The van der Waals surface area contributed by atoms with E-state index in [-0.39, 0.29) is 43.2 Å². The summed E-state index contributed by atoms with van der Waals surface area (Å²) < 4.78 is 33.0. The van der Waals surface area contributed by atoms with E-state index >= 15 is 0 Å². The van der Waals surface area contributed by atoms with Gasteiger partial charge in [0.1, 0.15) is 0 Å². The fraction of sp³-hybridized carbons (Fsp3) is 0.667. The van der Waals surface area contributed by atoms with Crippen LogP contribution in [-0.2, 0) is 28.1 Å². The number of nitriles is 1. The lowest BCUT2D eigenvalue weighted by Gasteiger charge is -2.36. The fourth-order valence-corrected chi connectivity index (χ4v) is 5.72. The molecule has 2 aliphatic heterocycles. The van der Waals surface area contributed by atoms with Crippen LogP contribution in [0.25, 0.3) is 0 Å². The average Bonchev–Trinajstić information content (AvgIpc) is 3.21. The van der Waals surface area contributed by atoms with Crippen molar-refractivity contribution in [2.45, 2.75) is 71.4 Å². The van der Waals surface area contributed by atoms with Crippen molar-refractivity contribution in [1.82, 2.24) is 14.2 Å². The third kappa shape index (κ3) is 7.65. The maximum Gasteiger partial charge on any atom is 0.331 e. The zero-order valence-electron chi connectivity index (χ0n) is 22.4. The van der Waals surface area contributed by atoms with Gasteiger partial charge in [0.2, 0.25) is 6.23 Å². The number of methoxy groups -OCH3 is 1. The van der Waals surface area contributed by atoms with Crippen LogP contribution in [-0.4, -0.2) is 71.7 Å². The molecule has 1 fully saturated rings. The fourth-order valence-electron chi connectivity index (χ4n) is 4.06. The predicted molar refractivity (Wildman–Crippen MR) is 139 cm³/mol. The largest absolute Gasteiger partial charge is 0.464 e. The van der Waals surface area contributed by atoms with Crippen molar-refractivity contribution < 1.29 is 28.1 Å². The molecule has 0 saturated carbocycles. The van der Waals surface area contributed by atoms with Gasteiger partial charge in [-0.25, -0.2) is 9.46 Å². The molecule has 0 aromatic carbocycles.